The Hall–Kier alpha value is -2.70. The number of carbonyl (C=O) groups is 2. The van der Waals surface area contributed by atoms with E-state index in [1.54, 1.807) is 7.05 Å². The van der Waals surface area contributed by atoms with Crippen molar-refractivity contribution >= 4 is 11.8 Å². The van der Waals surface area contributed by atoms with Crippen molar-refractivity contribution in [2.24, 2.45) is 5.73 Å². The first kappa shape index (κ1) is 20.6. The van der Waals surface area contributed by atoms with Crippen LogP contribution in [0.25, 0.3) is 0 Å². The summed E-state index contributed by atoms with van der Waals surface area (Å²) in [4.78, 5) is 26.8. The molecule has 0 heterocycles. The molecule has 1 atom stereocenters. The number of nitrogens with two attached hydrogens (primary N) is 1. The van der Waals surface area contributed by atoms with Gasteiger partial charge >= 0.3 is 0 Å². The van der Waals surface area contributed by atoms with Crippen LogP contribution in [0.15, 0.2) is 60.7 Å². The Balaban J connectivity index is 1.97. The van der Waals surface area contributed by atoms with Crippen LogP contribution in [-0.4, -0.2) is 49.9 Å². The fourth-order valence-electron chi connectivity index (χ4n) is 2.88. The minimum atomic E-state index is -0.711. The molecule has 2 aromatic rings. The summed E-state index contributed by atoms with van der Waals surface area (Å²) in [7, 11) is 1.56. The molecule has 4 N–H and O–H groups in total. The molecule has 0 spiro atoms. The summed E-state index contributed by atoms with van der Waals surface area (Å²) in [5, 5.41) is 5.44. The van der Waals surface area contributed by atoms with Crippen LogP contribution >= 0.6 is 0 Å². The number of rotatable bonds is 10. The summed E-state index contributed by atoms with van der Waals surface area (Å²) in [5.74, 6) is -0.446. The molecule has 2 aromatic carbocycles. The average molecular weight is 368 g/mol. The second-order valence-electron chi connectivity index (χ2n) is 6.33. The topological polar surface area (TPSA) is 87.5 Å². The number of nitrogens with zero attached hydrogens (tertiary/aromatic N) is 1. The van der Waals surface area contributed by atoms with Crippen molar-refractivity contribution < 1.29 is 9.59 Å². The molecule has 0 radical (unpaired) electrons. The third-order valence-corrected chi connectivity index (χ3v) is 4.32. The van der Waals surface area contributed by atoms with Gasteiger partial charge in [0.2, 0.25) is 11.8 Å². The van der Waals surface area contributed by atoms with Crippen LogP contribution in [-0.2, 0) is 16.0 Å². The van der Waals surface area contributed by atoms with E-state index in [2.05, 4.69) is 22.8 Å². The average Bonchev–Trinajstić information content (AvgIpc) is 2.71. The molecule has 0 saturated heterocycles. The van der Waals surface area contributed by atoms with Crippen molar-refractivity contribution in [1.29, 1.82) is 0 Å². The van der Waals surface area contributed by atoms with Crippen LogP contribution in [0.1, 0.15) is 17.2 Å². The Morgan fingerprint density at radius 1 is 1.00 bits per heavy atom. The Morgan fingerprint density at radius 3 is 2.22 bits per heavy atom. The number of hydrogen-bond acceptors (Lipinski definition) is 4. The summed E-state index contributed by atoms with van der Waals surface area (Å²) in [6.07, 6.45) is 0.839. The highest BCUT2D eigenvalue weighted by atomic mass is 16.2. The molecule has 2 rings (SSSR count). The van der Waals surface area contributed by atoms with E-state index in [1.807, 2.05) is 53.4 Å². The fraction of sp³-hybridized carbons (Fsp3) is 0.333. The molecule has 6 nitrogen and oxygen atoms in total. The van der Waals surface area contributed by atoms with Gasteiger partial charge in [0, 0.05) is 26.7 Å². The maximum absolute atomic E-state index is 12.6. The first-order valence-corrected chi connectivity index (χ1v) is 9.16. The molecule has 2 amide bonds. The number of amides is 2. The van der Waals surface area contributed by atoms with E-state index < -0.39 is 6.04 Å². The SMILES string of the molecule is CNC(=O)C(NC(=O)CN(CCN)CCc1ccccc1)c1ccccc1. The highest BCUT2D eigenvalue weighted by Crippen LogP contribution is 2.12. The molecular formula is C21H28N4O2. The summed E-state index contributed by atoms with van der Waals surface area (Å²) >= 11 is 0. The first-order chi connectivity index (χ1) is 13.1. The van der Waals surface area contributed by atoms with Crippen molar-refractivity contribution in [1.82, 2.24) is 15.5 Å². The number of nitrogens with one attached hydrogen (secondary N) is 2. The standard InChI is InChI=1S/C21H28N4O2/c1-23-21(27)20(18-10-6-3-7-11-18)24-19(26)16-25(15-13-22)14-12-17-8-4-2-5-9-17/h2-11,20H,12-16,22H2,1H3,(H,23,27)(H,24,26). The van der Waals surface area contributed by atoms with Gasteiger partial charge in [0.25, 0.3) is 0 Å². The zero-order valence-electron chi connectivity index (χ0n) is 15.7. The van der Waals surface area contributed by atoms with Gasteiger partial charge in [0.05, 0.1) is 6.54 Å². The van der Waals surface area contributed by atoms with Gasteiger partial charge in [-0.15, -0.1) is 0 Å². The minimum absolute atomic E-state index is 0.199. The molecule has 1 unspecified atom stereocenters. The summed E-state index contributed by atoms with van der Waals surface area (Å²) in [5.41, 5.74) is 7.66. The van der Waals surface area contributed by atoms with Crippen molar-refractivity contribution in [2.45, 2.75) is 12.5 Å². The van der Waals surface area contributed by atoms with Crippen LogP contribution in [0, 0.1) is 0 Å². The Labute approximate surface area is 160 Å². The molecule has 0 saturated carbocycles. The van der Waals surface area contributed by atoms with Crippen molar-refractivity contribution in [3.05, 3.63) is 71.8 Å². The third-order valence-electron chi connectivity index (χ3n) is 4.32. The molecule has 0 bridgehead atoms. The predicted octanol–water partition coefficient (Wildman–Crippen LogP) is 1.09. The number of likely N-dealkylation sites (N-methyl/N-ethyl adjacent to an activating group) is 1. The van der Waals surface area contributed by atoms with E-state index in [0.717, 1.165) is 18.5 Å². The fourth-order valence-corrected chi connectivity index (χ4v) is 2.88. The van der Waals surface area contributed by atoms with Gasteiger partial charge in [-0.1, -0.05) is 60.7 Å². The van der Waals surface area contributed by atoms with Crippen LogP contribution in [0.4, 0.5) is 0 Å². The molecule has 6 heteroatoms. The van der Waals surface area contributed by atoms with Gasteiger partial charge in [0.1, 0.15) is 6.04 Å². The smallest absolute Gasteiger partial charge is 0.246 e. The number of hydrogen-bond donors (Lipinski definition) is 3. The van der Waals surface area contributed by atoms with Gasteiger partial charge < -0.3 is 16.4 Å². The second-order valence-corrected chi connectivity index (χ2v) is 6.33. The quantitative estimate of drug-likeness (QED) is 0.586. The lowest BCUT2D eigenvalue weighted by Crippen LogP contribution is -2.45. The molecule has 0 fully saturated rings. The highest BCUT2D eigenvalue weighted by molar-refractivity contribution is 5.89. The van der Waals surface area contributed by atoms with Crippen molar-refractivity contribution in [2.75, 3.05) is 33.2 Å². The zero-order chi connectivity index (χ0) is 19.5. The summed E-state index contributed by atoms with van der Waals surface area (Å²) in [6, 6.07) is 18.6. The lowest BCUT2D eigenvalue weighted by molar-refractivity contribution is -0.129. The first-order valence-electron chi connectivity index (χ1n) is 9.16. The Bertz CT molecular complexity index is 707. The van der Waals surface area contributed by atoms with Crippen molar-refractivity contribution in [3.8, 4) is 0 Å². The van der Waals surface area contributed by atoms with E-state index in [9.17, 15) is 9.59 Å². The van der Waals surface area contributed by atoms with Crippen molar-refractivity contribution in [3.63, 3.8) is 0 Å². The zero-order valence-corrected chi connectivity index (χ0v) is 15.7. The predicted molar refractivity (Wildman–Crippen MR) is 107 cm³/mol. The molecule has 0 aromatic heterocycles. The van der Waals surface area contributed by atoms with Gasteiger partial charge in [-0.3, -0.25) is 14.5 Å². The van der Waals surface area contributed by atoms with E-state index in [4.69, 9.17) is 5.73 Å². The maximum Gasteiger partial charge on any atom is 0.246 e. The lowest BCUT2D eigenvalue weighted by Gasteiger charge is -2.23. The number of benzene rings is 2. The van der Waals surface area contributed by atoms with E-state index in [0.29, 0.717) is 13.1 Å². The highest BCUT2D eigenvalue weighted by Gasteiger charge is 2.22. The van der Waals surface area contributed by atoms with Gasteiger partial charge in [0.15, 0.2) is 0 Å². The van der Waals surface area contributed by atoms with Gasteiger partial charge in [-0.25, -0.2) is 0 Å². The molecule has 0 aliphatic rings. The maximum atomic E-state index is 12.6. The van der Waals surface area contributed by atoms with Crippen LogP contribution in [0.2, 0.25) is 0 Å². The molecule has 0 aliphatic heterocycles. The van der Waals surface area contributed by atoms with Crippen LogP contribution in [0.5, 0.6) is 0 Å². The number of carbonyl (C=O) groups excluding carboxylic acids is 2. The summed E-state index contributed by atoms with van der Waals surface area (Å²) in [6.45, 7) is 2.02. The van der Waals surface area contributed by atoms with Crippen LogP contribution in [0.3, 0.4) is 0 Å². The monoisotopic (exact) mass is 368 g/mol. The van der Waals surface area contributed by atoms with E-state index in [-0.39, 0.29) is 18.4 Å². The van der Waals surface area contributed by atoms with Gasteiger partial charge in [-0.05, 0) is 17.5 Å². The molecule has 144 valence electrons. The third kappa shape index (κ3) is 6.84. The van der Waals surface area contributed by atoms with E-state index >= 15 is 0 Å². The largest absolute Gasteiger partial charge is 0.357 e. The van der Waals surface area contributed by atoms with E-state index in [1.165, 1.54) is 5.56 Å². The second kappa shape index (κ2) is 11.1. The normalized spacial score (nSPS) is 11.8. The molecule has 27 heavy (non-hydrogen) atoms. The molecular weight excluding hydrogens is 340 g/mol. The Morgan fingerprint density at radius 2 is 1.63 bits per heavy atom. The molecule has 0 aliphatic carbocycles. The lowest BCUT2D eigenvalue weighted by atomic mass is 10.1. The van der Waals surface area contributed by atoms with Gasteiger partial charge in [-0.2, -0.15) is 0 Å². The summed E-state index contributed by atoms with van der Waals surface area (Å²) < 4.78 is 0. The minimum Gasteiger partial charge on any atom is -0.357 e. The Kier molecular flexibility index (Phi) is 8.48. The van der Waals surface area contributed by atoms with Crippen LogP contribution < -0.4 is 16.4 Å².